The predicted octanol–water partition coefficient (Wildman–Crippen LogP) is 5.75. The van der Waals surface area contributed by atoms with Gasteiger partial charge >= 0.3 is 0 Å². The van der Waals surface area contributed by atoms with Crippen molar-refractivity contribution in [3.8, 4) is 0 Å². The van der Waals surface area contributed by atoms with Crippen LogP contribution in [0.2, 0.25) is 0 Å². The first-order chi connectivity index (χ1) is 9.19. The average Bonchev–Trinajstić information content (AvgIpc) is 2.59. The Bertz CT molecular complexity index is 408. The molecule has 0 radical (unpaired) electrons. The number of hydrogen-bond donors (Lipinski definition) is 1. The largest absolute Gasteiger partial charge is 0.381 e. The van der Waals surface area contributed by atoms with Crippen LogP contribution in [0.4, 0.5) is 10.1 Å². The maximum absolute atomic E-state index is 13.1. The minimum atomic E-state index is -0.193. The first-order valence-electron chi connectivity index (χ1n) is 7.40. The highest BCUT2D eigenvalue weighted by Gasteiger charge is 2.18. The molecule has 1 aliphatic rings. The molecule has 106 valence electrons. The van der Waals surface area contributed by atoms with Gasteiger partial charge in [0.25, 0.3) is 0 Å². The maximum atomic E-state index is 13.1. The van der Waals surface area contributed by atoms with Crippen LogP contribution in [-0.4, -0.2) is 6.04 Å². The monoisotopic (exact) mass is 327 g/mol. The molecule has 2 unspecified atom stereocenters. The summed E-state index contributed by atoms with van der Waals surface area (Å²) < 4.78 is 13.9. The van der Waals surface area contributed by atoms with E-state index in [0.29, 0.717) is 6.04 Å². The van der Waals surface area contributed by atoms with Gasteiger partial charge in [-0.15, -0.1) is 0 Å². The normalized spacial score (nSPS) is 23.9. The predicted molar refractivity (Wildman–Crippen MR) is 83.0 cm³/mol. The van der Waals surface area contributed by atoms with Crippen LogP contribution in [0.3, 0.4) is 0 Å². The van der Waals surface area contributed by atoms with Gasteiger partial charge in [-0.2, -0.15) is 0 Å². The molecule has 0 spiro atoms. The summed E-state index contributed by atoms with van der Waals surface area (Å²) in [7, 11) is 0. The number of rotatable bonds is 4. The van der Waals surface area contributed by atoms with Crippen LogP contribution in [0.1, 0.15) is 51.9 Å². The highest BCUT2D eigenvalue weighted by atomic mass is 79.9. The van der Waals surface area contributed by atoms with Gasteiger partial charge in [0.15, 0.2) is 0 Å². The van der Waals surface area contributed by atoms with E-state index in [1.807, 2.05) is 6.07 Å². The Kier molecular flexibility index (Phi) is 5.68. The zero-order valence-corrected chi connectivity index (χ0v) is 13.2. The Hall–Kier alpha value is -0.570. The summed E-state index contributed by atoms with van der Waals surface area (Å²) in [6.07, 6.45) is 9.12. The molecule has 1 aromatic carbocycles. The lowest BCUT2D eigenvalue weighted by molar-refractivity contribution is 0.422. The lowest BCUT2D eigenvalue weighted by Gasteiger charge is -2.19. The fraction of sp³-hybridized carbons (Fsp3) is 0.625. The molecule has 0 amide bonds. The summed E-state index contributed by atoms with van der Waals surface area (Å²) in [6, 6.07) is 5.40. The molecule has 3 heteroatoms. The first-order valence-corrected chi connectivity index (χ1v) is 8.20. The third-order valence-corrected chi connectivity index (χ3v) is 4.73. The molecule has 0 aromatic heterocycles. The van der Waals surface area contributed by atoms with Crippen LogP contribution in [-0.2, 0) is 0 Å². The van der Waals surface area contributed by atoms with Gasteiger partial charge in [-0.3, -0.25) is 0 Å². The highest BCUT2D eigenvalue weighted by Crippen LogP contribution is 2.30. The molecule has 1 aromatic rings. The molecule has 0 saturated heterocycles. The van der Waals surface area contributed by atoms with E-state index >= 15 is 0 Å². The van der Waals surface area contributed by atoms with Crippen molar-refractivity contribution in [2.24, 2.45) is 5.92 Å². The van der Waals surface area contributed by atoms with Crippen molar-refractivity contribution in [1.82, 2.24) is 0 Å². The van der Waals surface area contributed by atoms with Gasteiger partial charge in [0.05, 0.1) is 0 Å². The van der Waals surface area contributed by atoms with Gasteiger partial charge in [-0.05, 0) is 59.3 Å². The minimum Gasteiger partial charge on any atom is -0.381 e. The van der Waals surface area contributed by atoms with Crippen molar-refractivity contribution in [3.05, 3.63) is 28.5 Å². The third kappa shape index (κ3) is 4.48. The summed E-state index contributed by atoms with van der Waals surface area (Å²) in [6.45, 7) is 2.27. The van der Waals surface area contributed by atoms with E-state index in [0.717, 1.165) is 16.1 Å². The Morgan fingerprint density at radius 2 is 2.11 bits per heavy atom. The van der Waals surface area contributed by atoms with Crippen molar-refractivity contribution >= 4 is 21.6 Å². The molecular weight excluding hydrogens is 305 g/mol. The van der Waals surface area contributed by atoms with E-state index in [-0.39, 0.29) is 5.82 Å². The van der Waals surface area contributed by atoms with Crippen LogP contribution in [0.5, 0.6) is 0 Å². The van der Waals surface area contributed by atoms with Gasteiger partial charge in [0.2, 0.25) is 0 Å². The van der Waals surface area contributed by atoms with Gasteiger partial charge in [-0.1, -0.05) is 32.6 Å². The second-order valence-electron chi connectivity index (χ2n) is 5.63. The van der Waals surface area contributed by atoms with Crippen LogP contribution in [0.25, 0.3) is 0 Å². The van der Waals surface area contributed by atoms with Crippen molar-refractivity contribution in [3.63, 3.8) is 0 Å². The minimum absolute atomic E-state index is 0.193. The van der Waals surface area contributed by atoms with Gasteiger partial charge < -0.3 is 5.32 Å². The molecular formula is C16H23BrFN. The van der Waals surface area contributed by atoms with Crippen molar-refractivity contribution < 1.29 is 4.39 Å². The summed E-state index contributed by atoms with van der Waals surface area (Å²) in [5, 5.41) is 3.57. The molecule has 1 N–H and O–H groups in total. The number of hydrogen-bond acceptors (Lipinski definition) is 1. The van der Waals surface area contributed by atoms with Crippen molar-refractivity contribution in [2.75, 3.05) is 5.32 Å². The molecule has 1 nitrogen and oxygen atoms in total. The molecule has 2 rings (SSSR count). The quantitative estimate of drug-likeness (QED) is 0.694. The highest BCUT2D eigenvalue weighted by molar-refractivity contribution is 9.10. The average molecular weight is 328 g/mol. The van der Waals surface area contributed by atoms with E-state index in [1.165, 1.54) is 57.1 Å². The molecule has 1 fully saturated rings. The van der Waals surface area contributed by atoms with Crippen LogP contribution in [0, 0.1) is 11.7 Å². The van der Waals surface area contributed by atoms with E-state index in [1.54, 1.807) is 0 Å². The van der Waals surface area contributed by atoms with Gasteiger partial charge in [0.1, 0.15) is 5.82 Å². The van der Waals surface area contributed by atoms with Crippen LogP contribution >= 0.6 is 15.9 Å². The van der Waals surface area contributed by atoms with Crippen LogP contribution < -0.4 is 5.32 Å². The zero-order chi connectivity index (χ0) is 13.7. The molecule has 0 aliphatic heterocycles. The van der Waals surface area contributed by atoms with E-state index < -0.39 is 0 Å². The number of halogens is 2. The first kappa shape index (κ1) is 14.8. The van der Waals surface area contributed by atoms with E-state index in [2.05, 4.69) is 28.2 Å². The van der Waals surface area contributed by atoms with Gasteiger partial charge in [0, 0.05) is 16.2 Å². The second-order valence-corrected chi connectivity index (χ2v) is 6.48. The Labute approximate surface area is 124 Å². The zero-order valence-electron chi connectivity index (χ0n) is 11.6. The van der Waals surface area contributed by atoms with Crippen molar-refractivity contribution in [2.45, 2.75) is 57.9 Å². The Morgan fingerprint density at radius 1 is 1.26 bits per heavy atom. The second kappa shape index (κ2) is 7.28. The molecule has 2 atom stereocenters. The molecule has 1 aliphatic carbocycles. The third-order valence-electron chi connectivity index (χ3n) is 4.08. The SMILES string of the molecule is CCCC1CCCC(Nc2ccc(F)cc2Br)CC1. The van der Waals surface area contributed by atoms with E-state index in [9.17, 15) is 4.39 Å². The Morgan fingerprint density at radius 3 is 2.84 bits per heavy atom. The summed E-state index contributed by atoms with van der Waals surface area (Å²) >= 11 is 3.43. The fourth-order valence-electron chi connectivity index (χ4n) is 3.05. The molecule has 19 heavy (non-hydrogen) atoms. The maximum Gasteiger partial charge on any atom is 0.124 e. The summed E-state index contributed by atoms with van der Waals surface area (Å²) in [5.74, 6) is 0.717. The fourth-order valence-corrected chi connectivity index (χ4v) is 3.51. The number of nitrogens with one attached hydrogen (secondary N) is 1. The smallest absolute Gasteiger partial charge is 0.124 e. The number of benzene rings is 1. The standard InChI is InChI=1S/C16H23BrFN/c1-2-4-12-5-3-6-14(9-7-12)19-16-10-8-13(18)11-15(16)17/h8,10-12,14,19H,2-7,9H2,1H3. The lowest BCUT2D eigenvalue weighted by Crippen LogP contribution is -2.18. The van der Waals surface area contributed by atoms with Crippen molar-refractivity contribution in [1.29, 1.82) is 0 Å². The summed E-state index contributed by atoms with van der Waals surface area (Å²) in [5.41, 5.74) is 1.01. The van der Waals surface area contributed by atoms with Gasteiger partial charge in [-0.25, -0.2) is 4.39 Å². The lowest BCUT2D eigenvalue weighted by atomic mass is 9.95. The molecule has 1 saturated carbocycles. The number of anilines is 1. The Balaban J connectivity index is 1.92. The van der Waals surface area contributed by atoms with Crippen LogP contribution in [0.15, 0.2) is 22.7 Å². The molecule has 0 bridgehead atoms. The summed E-state index contributed by atoms with van der Waals surface area (Å²) in [4.78, 5) is 0. The topological polar surface area (TPSA) is 12.0 Å². The molecule has 0 heterocycles. The van der Waals surface area contributed by atoms with E-state index in [4.69, 9.17) is 0 Å².